The Morgan fingerprint density at radius 1 is 1.55 bits per heavy atom. The van der Waals surface area contributed by atoms with Crippen LogP contribution in [0.4, 0.5) is 0 Å². The average Bonchev–Trinajstić information content (AvgIpc) is 1.95. The molecule has 0 aliphatic rings. The molecule has 0 aromatic heterocycles. The molecule has 11 heavy (non-hydrogen) atoms. The first kappa shape index (κ1) is 7.68. The Morgan fingerprint density at radius 2 is 2.27 bits per heavy atom. The van der Waals surface area contributed by atoms with E-state index in [0.29, 0.717) is 12.2 Å². The first-order valence-electron chi connectivity index (χ1n) is 3.46. The van der Waals surface area contributed by atoms with Crippen LogP contribution in [0.15, 0.2) is 18.2 Å². The molecule has 1 aromatic carbocycles. The fourth-order valence-corrected chi connectivity index (χ4v) is 0.988. The quantitative estimate of drug-likeness (QED) is 0.600. The molecule has 0 saturated heterocycles. The second-order valence-corrected chi connectivity index (χ2v) is 2.49. The lowest BCUT2D eigenvalue weighted by Gasteiger charge is -2.00. The molecule has 0 radical (unpaired) electrons. The van der Waals surface area contributed by atoms with E-state index in [9.17, 15) is 0 Å². The van der Waals surface area contributed by atoms with Gasteiger partial charge in [0.15, 0.2) is 0 Å². The van der Waals surface area contributed by atoms with E-state index in [4.69, 9.17) is 11.5 Å². The Hall–Kier alpha value is -1.42. The summed E-state index contributed by atoms with van der Waals surface area (Å²) < 4.78 is 0. The number of aryl methyl sites for hydroxylation is 1. The summed E-state index contributed by atoms with van der Waals surface area (Å²) in [4.78, 5) is 0. The monoisotopic (exact) mass is 146 g/mol. The number of phenolic OH excluding ortho intramolecular Hbond substituents is 1. The number of aromatic hydroxyl groups is 1. The molecule has 1 N–H and O–H groups in total. The maximum Gasteiger partial charge on any atom is 0.115 e. The van der Waals surface area contributed by atoms with Crippen molar-refractivity contribution >= 4 is 0 Å². The number of terminal acetylenes is 1. The zero-order valence-corrected chi connectivity index (χ0v) is 6.46. The predicted molar refractivity (Wildman–Crippen MR) is 45.4 cm³/mol. The van der Waals surface area contributed by atoms with Gasteiger partial charge in [-0.3, -0.25) is 0 Å². The summed E-state index contributed by atoms with van der Waals surface area (Å²) in [5, 5.41) is 9.05. The Kier molecular flexibility index (Phi) is 2.18. The van der Waals surface area contributed by atoms with Crippen LogP contribution < -0.4 is 0 Å². The Labute approximate surface area is 66.7 Å². The van der Waals surface area contributed by atoms with Crippen LogP contribution >= 0.6 is 0 Å². The summed E-state index contributed by atoms with van der Waals surface area (Å²) in [6.07, 6.45) is 5.79. The second-order valence-electron chi connectivity index (χ2n) is 2.49. The number of rotatable bonds is 1. The molecule has 1 heteroatoms. The fourth-order valence-electron chi connectivity index (χ4n) is 0.988. The summed E-state index contributed by atoms with van der Waals surface area (Å²) in [5.41, 5.74) is 2.15. The summed E-state index contributed by atoms with van der Waals surface area (Å²) >= 11 is 0. The van der Waals surface area contributed by atoms with Crippen molar-refractivity contribution in [3.05, 3.63) is 29.3 Å². The van der Waals surface area contributed by atoms with Gasteiger partial charge in [0.1, 0.15) is 5.75 Å². The van der Waals surface area contributed by atoms with E-state index in [1.165, 1.54) is 0 Å². The van der Waals surface area contributed by atoms with E-state index in [2.05, 4.69) is 5.92 Å². The Balaban J connectivity index is 3.01. The fraction of sp³-hybridized carbons (Fsp3) is 0.200. The highest BCUT2D eigenvalue weighted by Gasteiger charge is 1.96. The van der Waals surface area contributed by atoms with E-state index in [0.717, 1.165) is 11.1 Å². The van der Waals surface area contributed by atoms with E-state index in [1.54, 1.807) is 12.1 Å². The molecule has 0 spiro atoms. The van der Waals surface area contributed by atoms with E-state index >= 15 is 0 Å². The molecule has 0 unspecified atom stereocenters. The summed E-state index contributed by atoms with van der Waals surface area (Å²) in [6.45, 7) is 1.94. The van der Waals surface area contributed by atoms with Crippen LogP contribution in [0.2, 0.25) is 0 Å². The highest BCUT2D eigenvalue weighted by atomic mass is 16.3. The zero-order chi connectivity index (χ0) is 8.27. The standard InChI is InChI=1S/C10H10O/c1-3-4-9-5-6-10(11)7-8(9)2/h1,5-7,11H,4H2,2H3. The number of hydrogen-bond donors (Lipinski definition) is 1. The van der Waals surface area contributed by atoms with E-state index in [1.807, 2.05) is 13.0 Å². The van der Waals surface area contributed by atoms with Gasteiger partial charge in [-0.15, -0.1) is 12.3 Å². The highest BCUT2D eigenvalue weighted by Crippen LogP contribution is 2.15. The molecule has 0 aliphatic carbocycles. The van der Waals surface area contributed by atoms with Gasteiger partial charge in [0, 0.05) is 6.42 Å². The van der Waals surface area contributed by atoms with Gasteiger partial charge < -0.3 is 5.11 Å². The van der Waals surface area contributed by atoms with Crippen LogP contribution in [0, 0.1) is 19.3 Å². The summed E-state index contributed by atoms with van der Waals surface area (Å²) in [6, 6.07) is 5.22. The van der Waals surface area contributed by atoms with Crippen LogP contribution in [-0.2, 0) is 6.42 Å². The molecule has 1 rings (SSSR count). The van der Waals surface area contributed by atoms with Crippen LogP contribution in [0.3, 0.4) is 0 Å². The molecule has 0 aliphatic heterocycles. The third kappa shape index (κ3) is 1.75. The molecule has 56 valence electrons. The van der Waals surface area contributed by atoms with Crippen LogP contribution in [-0.4, -0.2) is 5.11 Å². The molecule has 0 bridgehead atoms. The molecular weight excluding hydrogens is 136 g/mol. The topological polar surface area (TPSA) is 20.2 Å². The molecule has 1 nitrogen and oxygen atoms in total. The zero-order valence-electron chi connectivity index (χ0n) is 6.46. The van der Waals surface area contributed by atoms with Crippen molar-refractivity contribution in [2.75, 3.05) is 0 Å². The van der Waals surface area contributed by atoms with Gasteiger partial charge in [0.05, 0.1) is 0 Å². The number of phenols is 1. The lowest BCUT2D eigenvalue weighted by Crippen LogP contribution is -1.85. The number of hydrogen-bond acceptors (Lipinski definition) is 1. The van der Waals surface area contributed by atoms with Crippen LogP contribution in [0.1, 0.15) is 11.1 Å². The molecule has 1 aromatic rings. The minimum absolute atomic E-state index is 0.295. The van der Waals surface area contributed by atoms with Crippen LogP contribution in [0.5, 0.6) is 5.75 Å². The van der Waals surface area contributed by atoms with Crippen LogP contribution in [0.25, 0.3) is 0 Å². The second kappa shape index (κ2) is 3.12. The predicted octanol–water partition coefficient (Wildman–Crippen LogP) is 1.88. The normalized spacial score (nSPS) is 9.09. The first-order chi connectivity index (χ1) is 5.24. The largest absolute Gasteiger partial charge is 0.508 e. The van der Waals surface area contributed by atoms with Crippen molar-refractivity contribution in [3.63, 3.8) is 0 Å². The minimum atomic E-state index is 0.295. The highest BCUT2D eigenvalue weighted by molar-refractivity contribution is 5.35. The van der Waals surface area contributed by atoms with E-state index < -0.39 is 0 Å². The third-order valence-corrected chi connectivity index (χ3v) is 1.62. The Morgan fingerprint density at radius 3 is 2.82 bits per heavy atom. The van der Waals surface area contributed by atoms with Gasteiger partial charge >= 0.3 is 0 Å². The van der Waals surface area contributed by atoms with E-state index in [-0.39, 0.29) is 0 Å². The maximum absolute atomic E-state index is 9.05. The van der Waals surface area contributed by atoms with Crippen molar-refractivity contribution < 1.29 is 5.11 Å². The van der Waals surface area contributed by atoms with Gasteiger partial charge in [-0.2, -0.15) is 0 Å². The average molecular weight is 146 g/mol. The lowest BCUT2D eigenvalue weighted by atomic mass is 10.1. The molecule has 0 saturated carbocycles. The van der Waals surface area contributed by atoms with Gasteiger partial charge in [-0.1, -0.05) is 6.07 Å². The van der Waals surface area contributed by atoms with Gasteiger partial charge in [0.2, 0.25) is 0 Å². The van der Waals surface area contributed by atoms with Crippen molar-refractivity contribution in [1.29, 1.82) is 0 Å². The SMILES string of the molecule is C#CCc1ccc(O)cc1C. The van der Waals surface area contributed by atoms with Crippen molar-refractivity contribution in [2.45, 2.75) is 13.3 Å². The van der Waals surface area contributed by atoms with Crippen molar-refractivity contribution in [2.24, 2.45) is 0 Å². The third-order valence-electron chi connectivity index (χ3n) is 1.62. The van der Waals surface area contributed by atoms with Gasteiger partial charge in [0.25, 0.3) is 0 Å². The summed E-state index contributed by atoms with van der Waals surface area (Å²) in [5.74, 6) is 2.86. The van der Waals surface area contributed by atoms with Crippen molar-refractivity contribution in [1.82, 2.24) is 0 Å². The molecule has 0 heterocycles. The molecule has 0 amide bonds. The minimum Gasteiger partial charge on any atom is -0.508 e. The smallest absolute Gasteiger partial charge is 0.115 e. The molecule has 0 atom stereocenters. The molecular formula is C10H10O. The van der Waals surface area contributed by atoms with Crippen molar-refractivity contribution in [3.8, 4) is 18.1 Å². The number of benzene rings is 1. The van der Waals surface area contributed by atoms with Gasteiger partial charge in [-0.25, -0.2) is 0 Å². The lowest BCUT2D eigenvalue weighted by molar-refractivity contribution is 0.474. The van der Waals surface area contributed by atoms with Gasteiger partial charge in [-0.05, 0) is 30.2 Å². The maximum atomic E-state index is 9.05. The Bertz CT molecular complexity index is 294. The first-order valence-corrected chi connectivity index (χ1v) is 3.46. The molecule has 0 fully saturated rings. The summed E-state index contributed by atoms with van der Waals surface area (Å²) in [7, 11) is 0.